The molecule has 33 heavy (non-hydrogen) atoms. The van der Waals surface area contributed by atoms with Gasteiger partial charge in [-0.1, -0.05) is 55.3 Å². The summed E-state index contributed by atoms with van der Waals surface area (Å²) in [7, 11) is -3.66. The van der Waals surface area contributed by atoms with E-state index in [0.717, 1.165) is 12.8 Å². The van der Waals surface area contributed by atoms with Gasteiger partial charge in [0, 0.05) is 6.54 Å². The lowest BCUT2D eigenvalue weighted by molar-refractivity contribution is -0.118. The van der Waals surface area contributed by atoms with Gasteiger partial charge in [0.1, 0.15) is 11.5 Å². The van der Waals surface area contributed by atoms with Crippen molar-refractivity contribution < 1.29 is 22.7 Å². The lowest BCUT2D eigenvalue weighted by atomic mass is 10.3. The molecule has 0 saturated heterocycles. The van der Waals surface area contributed by atoms with Gasteiger partial charge >= 0.3 is 0 Å². The molecule has 3 aromatic carbocycles. The second kappa shape index (κ2) is 11.7. The van der Waals surface area contributed by atoms with Gasteiger partial charge in [-0.25, -0.2) is 13.1 Å². The van der Waals surface area contributed by atoms with Gasteiger partial charge in [-0.15, -0.1) is 0 Å². The number of ether oxygens (including phenoxy) is 2. The molecule has 1 amide bonds. The predicted molar refractivity (Wildman–Crippen MR) is 129 cm³/mol. The maximum atomic E-state index is 12.4. The molecule has 0 aromatic heterocycles. The summed E-state index contributed by atoms with van der Waals surface area (Å²) in [5.41, 5.74) is 0.487. The molecular formula is C24H25ClN2O5S. The molecule has 3 aromatic rings. The zero-order valence-electron chi connectivity index (χ0n) is 18.1. The summed E-state index contributed by atoms with van der Waals surface area (Å²) in [6.07, 6.45) is 1.61. The summed E-state index contributed by atoms with van der Waals surface area (Å²) in [6.45, 7) is 2.01. The van der Waals surface area contributed by atoms with Gasteiger partial charge < -0.3 is 14.8 Å². The SMILES string of the molecule is CCCCNS(=O)(=O)c1ccc(OCC(=O)Nc2ccccc2Oc2ccccc2)c(Cl)c1. The normalized spacial score (nSPS) is 11.1. The molecule has 0 radical (unpaired) electrons. The van der Waals surface area contributed by atoms with E-state index in [0.29, 0.717) is 23.7 Å². The molecule has 0 aliphatic rings. The molecule has 174 valence electrons. The first-order chi connectivity index (χ1) is 15.9. The van der Waals surface area contributed by atoms with Crippen molar-refractivity contribution in [1.29, 1.82) is 0 Å². The zero-order chi connectivity index (χ0) is 23.7. The average molecular weight is 489 g/mol. The molecule has 0 fully saturated rings. The monoisotopic (exact) mass is 488 g/mol. The number of carbonyl (C=O) groups excluding carboxylic acids is 1. The topological polar surface area (TPSA) is 93.7 Å². The Balaban J connectivity index is 1.60. The first-order valence-electron chi connectivity index (χ1n) is 10.4. The number of carbonyl (C=O) groups is 1. The quantitative estimate of drug-likeness (QED) is 0.360. The maximum absolute atomic E-state index is 12.4. The van der Waals surface area contributed by atoms with Crippen molar-refractivity contribution >= 4 is 33.2 Å². The van der Waals surface area contributed by atoms with Crippen molar-refractivity contribution in [2.24, 2.45) is 0 Å². The highest BCUT2D eigenvalue weighted by atomic mass is 35.5. The second-order valence-electron chi connectivity index (χ2n) is 7.09. The Hall–Kier alpha value is -3.07. The smallest absolute Gasteiger partial charge is 0.262 e. The number of sulfonamides is 1. The molecule has 0 atom stereocenters. The highest BCUT2D eigenvalue weighted by molar-refractivity contribution is 7.89. The highest BCUT2D eigenvalue weighted by Gasteiger charge is 2.16. The third-order valence-electron chi connectivity index (χ3n) is 4.53. The van der Waals surface area contributed by atoms with Gasteiger partial charge in [-0.2, -0.15) is 0 Å². The van der Waals surface area contributed by atoms with Crippen LogP contribution in [-0.2, 0) is 14.8 Å². The summed E-state index contributed by atoms with van der Waals surface area (Å²) in [4.78, 5) is 12.5. The van der Waals surface area contributed by atoms with Crippen molar-refractivity contribution in [3.8, 4) is 17.2 Å². The molecule has 9 heteroatoms. The fraction of sp³-hybridized carbons (Fsp3) is 0.208. The van der Waals surface area contributed by atoms with E-state index < -0.39 is 15.9 Å². The minimum Gasteiger partial charge on any atom is -0.482 e. The molecule has 0 heterocycles. The van der Waals surface area contributed by atoms with E-state index in [1.165, 1.54) is 18.2 Å². The number of anilines is 1. The summed E-state index contributed by atoms with van der Waals surface area (Å²) >= 11 is 6.19. The Bertz CT molecular complexity index is 1190. The van der Waals surface area contributed by atoms with Crippen LogP contribution in [0.5, 0.6) is 17.2 Å². The largest absolute Gasteiger partial charge is 0.482 e. The number of para-hydroxylation sites is 3. The lowest BCUT2D eigenvalue weighted by Gasteiger charge is -2.13. The van der Waals surface area contributed by atoms with E-state index in [4.69, 9.17) is 21.1 Å². The Morgan fingerprint density at radius 3 is 2.42 bits per heavy atom. The van der Waals surface area contributed by atoms with Crippen LogP contribution in [0.4, 0.5) is 5.69 Å². The van der Waals surface area contributed by atoms with Crippen LogP contribution in [0.1, 0.15) is 19.8 Å². The van der Waals surface area contributed by atoms with Crippen LogP contribution in [-0.4, -0.2) is 27.5 Å². The van der Waals surface area contributed by atoms with Gasteiger partial charge in [-0.05, 0) is 48.9 Å². The Labute approximate surface area is 198 Å². The van der Waals surface area contributed by atoms with E-state index in [1.807, 2.05) is 37.3 Å². The summed E-state index contributed by atoms with van der Waals surface area (Å²) in [6, 6.07) is 20.4. The molecule has 0 aliphatic heterocycles. The minimum absolute atomic E-state index is 0.0346. The summed E-state index contributed by atoms with van der Waals surface area (Å²) < 4.78 is 38.5. The second-order valence-corrected chi connectivity index (χ2v) is 9.27. The van der Waals surface area contributed by atoms with Crippen LogP contribution in [0.2, 0.25) is 5.02 Å². The zero-order valence-corrected chi connectivity index (χ0v) is 19.7. The van der Waals surface area contributed by atoms with E-state index in [2.05, 4.69) is 10.0 Å². The van der Waals surface area contributed by atoms with E-state index in [9.17, 15) is 13.2 Å². The molecule has 0 spiro atoms. The van der Waals surface area contributed by atoms with Gasteiger partial charge in [0.15, 0.2) is 12.4 Å². The van der Waals surface area contributed by atoms with Gasteiger partial charge in [0.25, 0.3) is 5.91 Å². The van der Waals surface area contributed by atoms with E-state index in [-0.39, 0.29) is 22.3 Å². The first kappa shape index (κ1) is 24.6. The molecule has 0 bridgehead atoms. The molecule has 0 unspecified atom stereocenters. The van der Waals surface area contributed by atoms with Crippen LogP contribution in [0.3, 0.4) is 0 Å². The number of unbranched alkanes of at least 4 members (excludes halogenated alkanes) is 1. The summed E-state index contributed by atoms with van der Waals surface area (Å²) in [5.74, 6) is 0.905. The maximum Gasteiger partial charge on any atom is 0.262 e. The van der Waals surface area contributed by atoms with Crippen LogP contribution >= 0.6 is 11.6 Å². The molecule has 0 aliphatic carbocycles. The van der Waals surface area contributed by atoms with E-state index in [1.54, 1.807) is 24.3 Å². The predicted octanol–water partition coefficient (Wildman–Crippen LogP) is 5.23. The lowest BCUT2D eigenvalue weighted by Crippen LogP contribution is -2.24. The Morgan fingerprint density at radius 1 is 0.970 bits per heavy atom. The molecule has 0 saturated carbocycles. The minimum atomic E-state index is -3.66. The van der Waals surface area contributed by atoms with Crippen LogP contribution in [0.15, 0.2) is 77.7 Å². The standard InChI is InChI=1S/C24H25ClN2O5S/c1-2-3-15-26-33(29,30)19-13-14-22(20(25)16-19)31-17-24(28)27-21-11-7-8-12-23(21)32-18-9-5-4-6-10-18/h4-14,16,26H,2-3,15,17H2,1H3,(H,27,28). The van der Waals surface area contributed by atoms with Crippen molar-refractivity contribution in [3.05, 3.63) is 77.8 Å². The third-order valence-corrected chi connectivity index (χ3v) is 6.28. The number of rotatable bonds is 11. The summed E-state index contributed by atoms with van der Waals surface area (Å²) in [5, 5.41) is 2.84. The van der Waals surface area contributed by atoms with Gasteiger partial charge in [-0.3, -0.25) is 4.79 Å². The first-order valence-corrected chi connectivity index (χ1v) is 12.3. The Kier molecular flexibility index (Phi) is 8.71. The number of hydrogen-bond acceptors (Lipinski definition) is 5. The fourth-order valence-corrected chi connectivity index (χ4v) is 4.24. The number of benzene rings is 3. The molecule has 7 nitrogen and oxygen atoms in total. The van der Waals surface area contributed by atoms with E-state index >= 15 is 0 Å². The number of amides is 1. The molecule has 3 rings (SSSR count). The van der Waals surface area contributed by atoms with Crippen molar-refractivity contribution in [2.75, 3.05) is 18.5 Å². The van der Waals surface area contributed by atoms with Crippen LogP contribution in [0, 0.1) is 0 Å². The van der Waals surface area contributed by atoms with Crippen LogP contribution < -0.4 is 19.5 Å². The van der Waals surface area contributed by atoms with Gasteiger partial charge in [0.2, 0.25) is 10.0 Å². The number of nitrogens with one attached hydrogen (secondary N) is 2. The van der Waals surface area contributed by atoms with Crippen molar-refractivity contribution in [2.45, 2.75) is 24.7 Å². The van der Waals surface area contributed by atoms with Crippen molar-refractivity contribution in [3.63, 3.8) is 0 Å². The number of halogens is 1. The Morgan fingerprint density at radius 2 is 1.70 bits per heavy atom. The molecule has 2 N–H and O–H groups in total. The van der Waals surface area contributed by atoms with Crippen LogP contribution in [0.25, 0.3) is 0 Å². The number of hydrogen-bond donors (Lipinski definition) is 2. The van der Waals surface area contributed by atoms with Gasteiger partial charge in [0.05, 0.1) is 15.6 Å². The fourth-order valence-electron chi connectivity index (χ4n) is 2.84. The highest BCUT2D eigenvalue weighted by Crippen LogP contribution is 2.30. The average Bonchev–Trinajstić information content (AvgIpc) is 2.80. The third kappa shape index (κ3) is 7.21. The van der Waals surface area contributed by atoms with Crippen molar-refractivity contribution in [1.82, 2.24) is 4.72 Å². The molecular weight excluding hydrogens is 464 g/mol.